The van der Waals surface area contributed by atoms with Crippen molar-refractivity contribution in [3.05, 3.63) is 64.1 Å². The van der Waals surface area contributed by atoms with Crippen molar-refractivity contribution < 1.29 is 19.1 Å². The number of halogens is 1. The van der Waals surface area contributed by atoms with E-state index in [0.29, 0.717) is 16.9 Å². The maximum atomic E-state index is 11.9. The third-order valence-electron chi connectivity index (χ3n) is 3.44. The van der Waals surface area contributed by atoms with Gasteiger partial charge in [0.25, 0.3) is 11.8 Å². The number of carbonyl (C=O) groups excluding carboxylic acids is 3. The average molecular weight is 445 g/mol. The van der Waals surface area contributed by atoms with Crippen LogP contribution >= 0.6 is 15.9 Å². The second-order valence-corrected chi connectivity index (χ2v) is 6.45. The number of rotatable bonds is 7. The summed E-state index contributed by atoms with van der Waals surface area (Å²) in [5.41, 5.74) is 5.42. The van der Waals surface area contributed by atoms with Crippen molar-refractivity contribution in [2.24, 2.45) is 0 Å². The van der Waals surface area contributed by atoms with Crippen molar-refractivity contribution in [3.63, 3.8) is 0 Å². The van der Waals surface area contributed by atoms with Gasteiger partial charge in [-0.05, 0) is 48.5 Å². The zero-order valence-electron chi connectivity index (χ0n) is 14.7. The van der Waals surface area contributed by atoms with Crippen LogP contribution in [0.4, 0.5) is 0 Å². The van der Waals surface area contributed by atoms with Crippen molar-refractivity contribution in [3.8, 4) is 11.8 Å². The van der Waals surface area contributed by atoms with Crippen LogP contribution in [0.1, 0.15) is 22.3 Å². The van der Waals surface area contributed by atoms with Gasteiger partial charge in [0.1, 0.15) is 5.75 Å². The molecule has 0 bridgehead atoms. The Hall–Kier alpha value is -3.38. The average Bonchev–Trinajstić information content (AvgIpc) is 2.71. The molecule has 0 radical (unpaired) electrons. The van der Waals surface area contributed by atoms with Crippen LogP contribution in [0.3, 0.4) is 0 Å². The summed E-state index contributed by atoms with van der Waals surface area (Å²) in [7, 11) is 0. The maximum Gasteiger partial charge on any atom is 0.276 e. The molecule has 3 N–H and O–H groups in total. The Morgan fingerprint density at radius 2 is 1.61 bits per heavy atom. The normalized spacial score (nSPS) is 9.71. The molecule has 2 aromatic carbocycles. The Balaban J connectivity index is 1.62. The van der Waals surface area contributed by atoms with Gasteiger partial charge in [-0.3, -0.25) is 25.2 Å². The van der Waals surface area contributed by atoms with Gasteiger partial charge in [0.15, 0.2) is 6.61 Å². The maximum absolute atomic E-state index is 11.9. The van der Waals surface area contributed by atoms with Gasteiger partial charge in [-0.15, -0.1) is 0 Å². The molecule has 28 heavy (non-hydrogen) atoms. The lowest BCUT2D eigenvalue weighted by Gasteiger charge is -2.09. The first-order chi connectivity index (χ1) is 13.5. The lowest BCUT2D eigenvalue weighted by molar-refractivity contribution is -0.129. The molecule has 3 amide bonds. The van der Waals surface area contributed by atoms with E-state index in [1.165, 1.54) is 0 Å². The first kappa shape index (κ1) is 20.9. The molecule has 0 aromatic heterocycles. The molecule has 0 heterocycles. The van der Waals surface area contributed by atoms with Gasteiger partial charge < -0.3 is 10.1 Å². The molecule has 8 nitrogen and oxygen atoms in total. The number of hydrazine groups is 1. The van der Waals surface area contributed by atoms with Gasteiger partial charge in [0.2, 0.25) is 5.91 Å². The van der Waals surface area contributed by atoms with Gasteiger partial charge in [-0.25, -0.2) is 0 Å². The number of nitrogens with one attached hydrogen (secondary N) is 3. The minimum absolute atomic E-state index is 0.000965. The van der Waals surface area contributed by atoms with Crippen LogP contribution in [-0.4, -0.2) is 30.9 Å². The fourth-order valence-electron chi connectivity index (χ4n) is 2.01. The predicted octanol–water partition coefficient (Wildman–Crippen LogP) is 1.67. The highest BCUT2D eigenvalue weighted by Gasteiger charge is 2.08. The number of nitriles is 1. The zero-order valence-corrected chi connectivity index (χ0v) is 16.3. The number of hydrogen-bond donors (Lipinski definition) is 3. The van der Waals surface area contributed by atoms with E-state index in [4.69, 9.17) is 10.00 Å². The third kappa shape index (κ3) is 7.09. The lowest BCUT2D eigenvalue weighted by Crippen LogP contribution is -2.44. The fourth-order valence-corrected chi connectivity index (χ4v) is 2.27. The SMILES string of the molecule is N#Cc1ccc(OCC(=O)NNC(=O)CCNC(=O)c2ccc(Br)cc2)cc1. The molecule has 0 fully saturated rings. The number of amides is 3. The topological polar surface area (TPSA) is 120 Å². The van der Waals surface area contributed by atoms with E-state index in [9.17, 15) is 14.4 Å². The van der Waals surface area contributed by atoms with E-state index >= 15 is 0 Å². The number of nitrogens with zero attached hydrogens (tertiary/aromatic N) is 1. The molecule has 0 atom stereocenters. The molecular weight excluding hydrogens is 428 g/mol. The van der Waals surface area contributed by atoms with Crippen LogP contribution in [0.2, 0.25) is 0 Å². The minimum atomic E-state index is -0.545. The molecule has 144 valence electrons. The third-order valence-corrected chi connectivity index (χ3v) is 3.97. The molecule has 0 saturated heterocycles. The van der Waals surface area contributed by atoms with Gasteiger partial charge in [-0.1, -0.05) is 15.9 Å². The van der Waals surface area contributed by atoms with E-state index in [0.717, 1.165) is 4.47 Å². The molecule has 0 spiro atoms. The van der Waals surface area contributed by atoms with E-state index in [1.807, 2.05) is 6.07 Å². The van der Waals surface area contributed by atoms with Crippen molar-refractivity contribution in [1.82, 2.24) is 16.2 Å². The molecule has 0 saturated carbocycles. The summed E-state index contributed by atoms with van der Waals surface area (Å²) in [5.74, 6) is -0.865. The molecule has 0 unspecified atom stereocenters. The smallest absolute Gasteiger partial charge is 0.276 e. The number of ether oxygens (including phenoxy) is 1. The second kappa shape index (κ2) is 10.7. The van der Waals surface area contributed by atoms with Crippen molar-refractivity contribution in [2.75, 3.05) is 13.2 Å². The van der Waals surface area contributed by atoms with Crippen LogP contribution in [-0.2, 0) is 9.59 Å². The first-order valence-corrected chi connectivity index (χ1v) is 9.01. The van der Waals surface area contributed by atoms with Crippen LogP contribution in [0, 0.1) is 11.3 Å². The summed E-state index contributed by atoms with van der Waals surface area (Å²) in [4.78, 5) is 35.3. The Labute approximate surface area is 170 Å². The van der Waals surface area contributed by atoms with Crippen molar-refractivity contribution in [2.45, 2.75) is 6.42 Å². The highest BCUT2D eigenvalue weighted by molar-refractivity contribution is 9.10. The minimum Gasteiger partial charge on any atom is -0.484 e. The standard InChI is InChI=1S/C19H17BrN4O4/c20-15-5-3-14(4-6-15)19(27)22-10-9-17(25)23-24-18(26)12-28-16-7-1-13(11-21)2-8-16/h1-8H,9-10,12H2,(H,22,27)(H,23,25)(H,24,26). The quantitative estimate of drug-likeness (QED) is 0.560. The fraction of sp³-hybridized carbons (Fsp3) is 0.158. The van der Waals surface area contributed by atoms with Crippen LogP contribution in [0.15, 0.2) is 53.0 Å². The Morgan fingerprint density at radius 1 is 0.964 bits per heavy atom. The molecule has 0 aliphatic rings. The number of benzene rings is 2. The van der Waals surface area contributed by atoms with Crippen LogP contribution in [0.25, 0.3) is 0 Å². The molecule has 0 aliphatic carbocycles. The molecule has 0 aliphatic heterocycles. The van der Waals surface area contributed by atoms with Crippen molar-refractivity contribution in [1.29, 1.82) is 5.26 Å². The summed E-state index contributed by atoms with van der Waals surface area (Å²) in [5, 5.41) is 11.3. The highest BCUT2D eigenvalue weighted by Crippen LogP contribution is 2.11. The second-order valence-electron chi connectivity index (χ2n) is 5.53. The van der Waals surface area contributed by atoms with Gasteiger partial charge >= 0.3 is 0 Å². The number of hydrogen-bond acceptors (Lipinski definition) is 5. The summed E-state index contributed by atoms with van der Waals surface area (Å²) in [6.07, 6.45) is -0.000965. The largest absolute Gasteiger partial charge is 0.484 e. The Morgan fingerprint density at radius 3 is 2.25 bits per heavy atom. The van der Waals surface area contributed by atoms with E-state index in [-0.39, 0.29) is 25.5 Å². The van der Waals surface area contributed by atoms with E-state index in [1.54, 1.807) is 48.5 Å². The van der Waals surface area contributed by atoms with Crippen molar-refractivity contribution >= 4 is 33.7 Å². The highest BCUT2D eigenvalue weighted by atomic mass is 79.9. The van der Waals surface area contributed by atoms with E-state index in [2.05, 4.69) is 32.1 Å². The molecule has 9 heteroatoms. The lowest BCUT2D eigenvalue weighted by atomic mass is 10.2. The zero-order chi connectivity index (χ0) is 20.4. The van der Waals surface area contributed by atoms with Crippen LogP contribution < -0.4 is 20.9 Å². The molecule has 2 aromatic rings. The summed E-state index contributed by atoms with van der Waals surface area (Å²) >= 11 is 3.29. The summed E-state index contributed by atoms with van der Waals surface area (Å²) in [6, 6.07) is 15.1. The van der Waals surface area contributed by atoms with E-state index < -0.39 is 11.8 Å². The monoisotopic (exact) mass is 444 g/mol. The predicted molar refractivity (Wildman–Crippen MR) is 104 cm³/mol. The molecule has 2 rings (SSSR count). The summed E-state index contributed by atoms with van der Waals surface area (Å²) in [6.45, 7) is -0.176. The van der Waals surface area contributed by atoms with Gasteiger partial charge in [-0.2, -0.15) is 5.26 Å². The van der Waals surface area contributed by atoms with Crippen LogP contribution in [0.5, 0.6) is 5.75 Å². The summed E-state index contributed by atoms with van der Waals surface area (Å²) < 4.78 is 6.10. The Bertz CT molecular complexity index is 876. The first-order valence-electron chi connectivity index (χ1n) is 8.22. The molecular formula is C19H17BrN4O4. The Kier molecular flexibility index (Phi) is 7.99. The van der Waals surface area contributed by atoms with Gasteiger partial charge in [0.05, 0.1) is 11.6 Å². The van der Waals surface area contributed by atoms with Gasteiger partial charge in [0, 0.05) is 23.0 Å². The number of carbonyl (C=O) groups is 3.